The molecule has 0 unspecified atom stereocenters. The second kappa shape index (κ2) is 7.01. The lowest BCUT2D eigenvalue weighted by atomic mass is 10.2. The summed E-state index contributed by atoms with van der Waals surface area (Å²) in [7, 11) is 0. The zero-order chi connectivity index (χ0) is 12.7. The molecule has 0 saturated heterocycles. The molecule has 0 saturated carbocycles. The van der Waals surface area contributed by atoms with Gasteiger partial charge in [-0.1, -0.05) is 12.1 Å². The van der Waals surface area contributed by atoms with Crippen LogP contribution in [-0.4, -0.2) is 23.1 Å². The van der Waals surface area contributed by atoms with E-state index in [4.69, 9.17) is 0 Å². The molecular formula is C13H17NO2S. The predicted molar refractivity (Wildman–Crippen MR) is 69.8 cm³/mol. The van der Waals surface area contributed by atoms with Crippen LogP contribution in [0.4, 0.5) is 0 Å². The second-order valence-corrected chi connectivity index (χ2v) is 4.88. The van der Waals surface area contributed by atoms with E-state index in [0.29, 0.717) is 19.5 Å². The zero-order valence-electron chi connectivity index (χ0n) is 10.0. The highest BCUT2D eigenvalue weighted by atomic mass is 32.1. The van der Waals surface area contributed by atoms with Crippen LogP contribution in [0.2, 0.25) is 0 Å². The Morgan fingerprint density at radius 1 is 1.47 bits per heavy atom. The minimum Gasteiger partial charge on any atom is -0.334 e. The van der Waals surface area contributed by atoms with E-state index < -0.39 is 0 Å². The number of ketones is 1. The Bertz CT molecular complexity index is 384. The standard InChI is InChI=1S/C13H17NO2S/c1-3-8-14(10-12-5-4-9-17-12)13(16)7-6-11(2)15/h3-5,9H,1,6-8,10H2,2H3. The van der Waals surface area contributed by atoms with E-state index >= 15 is 0 Å². The van der Waals surface area contributed by atoms with Crippen molar-refractivity contribution in [2.24, 2.45) is 0 Å². The van der Waals surface area contributed by atoms with Crippen molar-refractivity contribution in [2.45, 2.75) is 26.3 Å². The Hall–Kier alpha value is -1.42. The molecule has 0 aliphatic heterocycles. The van der Waals surface area contributed by atoms with Crippen LogP contribution in [0, 0.1) is 0 Å². The summed E-state index contributed by atoms with van der Waals surface area (Å²) < 4.78 is 0. The predicted octanol–water partition coefficient (Wildman–Crippen LogP) is 2.63. The Kier molecular flexibility index (Phi) is 5.63. The molecule has 4 heteroatoms. The average Bonchev–Trinajstić information content (AvgIpc) is 2.78. The molecule has 0 aliphatic rings. The lowest BCUT2D eigenvalue weighted by Crippen LogP contribution is -2.30. The Balaban J connectivity index is 2.55. The molecule has 17 heavy (non-hydrogen) atoms. The fraction of sp³-hybridized carbons (Fsp3) is 0.385. The van der Waals surface area contributed by atoms with E-state index in [9.17, 15) is 9.59 Å². The number of carbonyl (C=O) groups is 2. The van der Waals surface area contributed by atoms with E-state index in [1.807, 2.05) is 17.5 Å². The first-order valence-corrected chi connectivity index (χ1v) is 6.42. The SMILES string of the molecule is C=CCN(Cc1cccs1)C(=O)CCC(C)=O. The Labute approximate surface area is 106 Å². The van der Waals surface area contributed by atoms with Crippen molar-refractivity contribution in [1.82, 2.24) is 4.90 Å². The average molecular weight is 251 g/mol. The summed E-state index contributed by atoms with van der Waals surface area (Å²) in [6, 6.07) is 3.96. The number of Topliss-reactive ketones (excluding diaryl/α,β-unsaturated/α-hetero) is 1. The third-order valence-electron chi connectivity index (χ3n) is 2.32. The van der Waals surface area contributed by atoms with Crippen molar-refractivity contribution >= 4 is 23.0 Å². The van der Waals surface area contributed by atoms with Gasteiger partial charge in [0.2, 0.25) is 5.91 Å². The van der Waals surface area contributed by atoms with Gasteiger partial charge in [0.25, 0.3) is 0 Å². The van der Waals surface area contributed by atoms with Gasteiger partial charge >= 0.3 is 0 Å². The van der Waals surface area contributed by atoms with Crippen molar-refractivity contribution in [3.8, 4) is 0 Å². The fourth-order valence-corrected chi connectivity index (χ4v) is 2.16. The molecule has 0 spiro atoms. The summed E-state index contributed by atoms with van der Waals surface area (Å²) in [4.78, 5) is 25.6. The maximum absolute atomic E-state index is 11.9. The van der Waals surface area contributed by atoms with E-state index in [1.165, 1.54) is 6.92 Å². The van der Waals surface area contributed by atoms with Crippen LogP contribution in [0.5, 0.6) is 0 Å². The topological polar surface area (TPSA) is 37.4 Å². The number of rotatable bonds is 7. The highest BCUT2D eigenvalue weighted by Gasteiger charge is 2.13. The molecule has 0 aliphatic carbocycles. The molecule has 1 aromatic heterocycles. The summed E-state index contributed by atoms with van der Waals surface area (Å²) in [6.45, 7) is 6.27. The number of amides is 1. The normalized spacial score (nSPS) is 9.94. The molecule has 1 heterocycles. The van der Waals surface area contributed by atoms with Crippen molar-refractivity contribution in [1.29, 1.82) is 0 Å². The molecule has 0 radical (unpaired) electrons. The van der Waals surface area contributed by atoms with E-state index in [2.05, 4.69) is 6.58 Å². The maximum atomic E-state index is 11.9. The van der Waals surface area contributed by atoms with Gasteiger partial charge in [-0.15, -0.1) is 17.9 Å². The minimum absolute atomic E-state index is 0.00787. The van der Waals surface area contributed by atoms with Crippen LogP contribution in [0.25, 0.3) is 0 Å². The van der Waals surface area contributed by atoms with Crippen LogP contribution in [0.3, 0.4) is 0 Å². The van der Waals surface area contributed by atoms with Crippen LogP contribution < -0.4 is 0 Å². The van der Waals surface area contributed by atoms with Gasteiger partial charge in [0.1, 0.15) is 5.78 Å². The van der Waals surface area contributed by atoms with Gasteiger partial charge in [0.05, 0.1) is 6.54 Å². The number of thiophene rings is 1. The van der Waals surface area contributed by atoms with Crippen molar-refractivity contribution in [2.75, 3.05) is 6.54 Å². The highest BCUT2D eigenvalue weighted by molar-refractivity contribution is 7.09. The first kappa shape index (κ1) is 13.6. The Morgan fingerprint density at radius 3 is 2.76 bits per heavy atom. The first-order chi connectivity index (χ1) is 8.13. The van der Waals surface area contributed by atoms with Crippen molar-refractivity contribution in [3.63, 3.8) is 0 Å². The Morgan fingerprint density at radius 2 is 2.24 bits per heavy atom. The summed E-state index contributed by atoms with van der Waals surface area (Å²) >= 11 is 1.62. The molecule has 92 valence electrons. The smallest absolute Gasteiger partial charge is 0.223 e. The minimum atomic E-state index is 0.00787. The van der Waals surface area contributed by atoms with Gasteiger partial charge in [-0.3, -0.25) is 4.79 Å². The van der Waals surface area contributed by atoms with Crippen LogP contribution in [0.15, 0.2) is 30.2 Å². The largest absolute Gasteiger partial charge is 0.334 e. The molecule has 0 aromatic carbocycles. The molecular weight excluding hydrogens is 234 g/mol. The van der Waals surface area contributed by atoms with E-state index in [1.54, 1.807) is 22.3 Å². The van der Waals surface area contributed by atoms with Crippen LogP contribution in [0.1, 0.15) is 24.6 Å². The third kappa shape index (κ3) is 4.95. The molecule has 0 atom stereocenters. The summed E-state index contributed by atoms with van der Waals surface area (Å²) in [5, 5.41) is 1.99. The summed E-state index contributed by atoms with van der Waals surface area (Å²) in [5.74, 6) is 0.0570. The number of carbonyl (C=O) groups excluding carboxylic acids is 2. The van der Waals surface area contributed by atoms with Gasteiger partial charge in [0, 0.05) is 24.3 Å². The van der Waals surface area contributed by atoms with Crippen LogP contribution >= 0.6 is 11.3 Å². The molecule has 3 nitrogen and oxygen atoms in total. The van der Waals surface area contributed by atoms with Crippen molar-refractivity contribution in [3.05, 3.63) is 35.0 Å². The number of hydrogen-bond donors (Lipinski definition) is 0. The fourth-order valence-electron chi connectivity index (χ4n) is 1.44. The molecule has 1 rings (SSSR count). The van der Waals surface area contributed by atoms with Gasteiger partial charge in [-0.2, -0.15) is 0 Å². The quantitative estimate of drug-likeness (QED) is 0.699. The molecule has 1 aromatic rings. The van der Waals surface area contributed by atoms with Gasteiger partial charge in [-0.25, -0.2) is 0 Å². The highest BCUT2D eigenvalue weighted by Crippen LogP contribution is 2.13. The second-order valence-electron chi connectivity index (χ2n) is 3.84. The lowest BCUT2D eigenvalue weighted by Gasteiger charge is -2.20. The number of nitrogens with zero attached hydrogens (tertiary/aromatic N) is 1. The summed E-state index contributed by atoms with van der Waals surface area (Å²) in [5.41, 5.74) is 0. The number of hydrogen-bond acceptors (Lipinski definition) is 3. The monoisotopic (exact) mass is 251 g/mol. The molecule has 0 bridgehead atoms. The maximum Gasteiger partial charge on any atom is 0.223 e. The van der Waals surface area contributed by atoms with E-state index in [-0.39, 0.29) is 18.1 Å². The molecule has 0 fully saturated rings. The van der Waals surface area contributed by atoms with Crippen LogP contribution in [-0.2, 0) is 16.1 Å². The molecule has 1 amide bonds. The lowest BCUT2D eigenvalue weighted by molar-refractivity contribution is -0.133. The molecule has 0 N–H and O–H groups in total. The zero-order valence-corrected chi connectivity index (χ0v) is 10.8. The third-order valence-corrected chi connectivity index (χ3v) is 3.18. The van der Waals surface area contributed by atoms with Gasteiger partial charge in [-0.05, 0) is 18.4 Å². The van der Waals surface area contributed by atoms with Crippen molar-refractivity contribution < 1.29 is 9.59 Å². The van der Waals surface area contributed by atoms with Gasteiger partial charge < -0.3 is 9.69 Å². The summed E-state index contributed by atoms with van der Waals surface area (Å²) in [6.07, 6.45) is 2.31. The van der Waals surface area contributed by atoms with Gasteiger partial charge in [0.15, 0.2) is 0 Å². The van der Waals surface area contributed by atoms with E-state index in [0.717, 1.165) is 4.88 Å². The first-order valence-electron chi connectivity index (χ1n) is 5.54.